The molecule has 4 unspecified atom stereocenters. The van der Waals surface area contributed by atoms with E-state index in [2.05, 4.69) is 10.2 Å². The molecule has 34 heavy (non-hydrogen) atoms. The third-order valence-electron chi connectivity index (χ3n) is 8.56. The Labute approximate surface area is 202 Å². The van der Waals surface area contributed by atoms with Crippen molar-refractivity contribution >= 4 is 10.0 Å². The zero-order chi connectivity index (χ0) is 23.9. The van der Waals surface area contributed by atoms with Crippen LogP contribution in [0.3, 0.4) is 0 Å². The van der Waals surface area contributed by atoms with E-state index in [0.717, 1.165) is 64.1 Å². The highest BCUT2D eigenvalue weighted by molar-refractivity contribution is 7.89. The molecule has 0 amide bonds. The molecule has 9 heteroatoms. The van der Waals surface area contributed by atoms with Crippen LogP contribution in [-0.4, -0.2) is 74.3 Å². The topological polar surface area (TPSA) is 61.9 Å². The van der Waals surface area contributed by atoms with Crippen LogP contribution in [0.2, 0.25) is 0 Å². The molecular formula is C25H37F2N3O3S. The highest BCUT2D eigenvalue weighted by Crippen LogP contribution is 2.44. The number of nitrogens with zero attached hydrogens (tertiary/aromatic N) is 2. The van der Waals surface area contributed by atoms with E-state index in [0.29, 0.717) is 26.2 Å². The normalized spacial score (nSPS) is 33.9. The third-order valence-corrected chi connectivity index (χ3v) is 10.9. The minimum absolute atomic E-state index is 0.0187. The minimum Gasteiger partial charge on any atom is -0.370 e. The van der Waals surface area contributed by atoms with E-state index in [1.165, 1.54) is 12.1 Å². The molecule has 1 spiro atoms. The molecule has 1 N–H and O–H groups in total. The summed E-state index contributed by atoms with van der Waals surface area (Å²) >= 11 is 0. The zero-order valence-electron chi connectivity index (χ0n) is 20.0. The van der Waals surface area contributed by atoms with Crippen LogP contribution in [0.4, 0.5) is 8.78 Å². The predicted molar refractivity (Wildman–Crippen MR) is 127 cm³/mol. The van der Waals surface area contributed by atoms with Gasteiger partial charge in [0.25, 0.3) is 0 Å². The van der Waals surface area contributed by atoms with Gasteiger partial charge in [0, 0.05) is 37.3 Å². The second kappa shape index (κ2) is 9.73. The number of nitrogens with one attached hydrogen (secondary N) is 1. The molecule has 3 heterocycles. The Bertz CT molecular complexity index is 988. The van der Waals surface area contributed by atoms with Gasteiger partial charge >= 0.3 is 0 Å². The number of benzene rings is 1. The van der Waals surface area contributed by atoms with E-state index in [1.807, 2.05) is 6.92 Å². The summed E-state index contributed by atoms with van der Waals surface area (Å²) in [6.45, 7) is 6.23. The molecule has 4 fully saturated rings. The van der Waals surface area contributed by atoms with E-state index < -0.39 is 27.8 Å². The molecule has 190 valence electrons. The van der Waals surface area contributed by atoms with E-state index in [4.69, 9.17) is 4.74 Å². The largest absolute Gasteiger partial charge is 0.370 e. The standard InChI is InChI=1S/C25H37F2N3O3S/c1-2-28-23-14-19(15-33-24(23)21-13-18(26)7-8-22(21)27)29-11-9-25(16-29)10-12-30(17-25)34(31,32)20-5-3-4-6-20/h7-8,13,19-20,23-24,28H,2-6,9-12,14-17H2,1H3. The van der Waals surface area contributed by atoms with Crippen LogP contribution in [0.5, 0.6) is 0 Å². The number of sulfonamides is 1. The zero-order valence-corrected chi connectivity index (χ0v) is 20.8. The number of ether oxygens (including phenoxy) is 1. The number of hydrogen-bond donors (Lipinski definition) is 1. The molecule has 0 bridgehead atoms. The van der Waals surface area contributed by atoms with Crippen LogP contribution in [0.1, 0.15) is 63.5 Å². The first kappa shape index (κ1) is 24.6. The summed E-state index contributed by atoms with van der Waals surface area (Å²) in [6.07, 6.45) is 5.81. The van der Waals surface area contributed by atoms with Gasteiger partial charge in [-0.1, -0.05) is 19.8 Å². The van der Waals surface area contributed by atoms with Crippen molar-refractivity contribution in [3.63, 3.8) is 0 Å². The van der Waals surface area contributed by atoms with Crippen LogP contribution in [0.25, 0.3) is 0 Å². The summed E-state index contributed by atoms with van der Waals surface area (Å²) in [4.78, 5) is 2.44. The fraction of sp³-hybridized carbons (Fsp3) is 0.760. The van der Waals surface area contributed by atoms with Gasteiger partial charge in [0.15, 0.2) is 0 Å². The number of likely N-dealkylation sites (tertiary alicyclic amines) is 1. The molecule has 1 saturated carbocycles. The molecule has 4 atom stereocenters. The van der Waals surface area contributed by atoms with Crippen molar-refractivity contribution in [1.29, 1.82) is 0 Å². The van der Waals surface area contributed by atoms with Gasteiger partial charge in [-0.2, -0.15) is 0 Å². The van der Waals surface area contributed by atoms with Crippen molar-refractivity contribution < 1.29 is 21.9 Å². The Morgan fingerprint density at radius 3 is 2.68 bits per heavy atom. The van der Waals surface area contributed by atoms with Crippen molar-refractivity contribution in [2.45, 2.75) is 75.3 Å². The van der Waals surface area contributed by atoms with Crippen LogP contribution in [-0.2, 0) is 14.8 Å². The molecule has 4 aliphatic rings. The van der Waals surface area contributed by atoms with Crippen molar-refractivity contribution in [1.82, 2.24) is 14.5 Å². The van der Waals surface area contributed by atoms with Crippen molar-refractivity contribution in [3.8, 4) is 0 Å². The summed E-state index contributed by atoms with van der Waals surface area (Å²) in [7, 11) is -3.19. The molecule has 0 aromatic heterocycles. The number of hydrogen-bond acceptors (Lipinski definition) is 5. The Morgan fingerprint density at radius 2 is 1.91 bits per heavy atom. The number of rotatable bonds is 6. The first-order valence-electron chi connectivity index (χ1n) is 12.8. The first-order chi connectivity index (χ1) is 16.3. The maximum atomic E-state index is 14.5. The molecule has 1 aromatic carbocycles. The Morgan fingerprint density at radius 1 is 1.15 bits per heavy atom. The van der Waals surface area contributed by atoms with Crippen molar-refractivity contribution in [3.05, 3.63) is 35.4 Å². The van der Waals surface area contributed by atoms with Gasteiger partial charge in [-0.3, -0.25) is 4.90 Å². The summed E-state index contributed by atoms with van der Waals surface area (Å²) in [5, 5.41) is 3.24. The molecule has 6 nitrogen and oxygen atoms in total. The molecule has 1 aliphatic carbocycles. The molecule has 3 aliphatic heterocycles. The maximum absolute atomic E-state index is 14.5. The Balaban J connectivity index is 1.24. The van der Waals surface area contributed by atoms with Gasteiger partial charge in [0.1, 0.15) is 17.7 Å². The van der Waals surface area contributed by atoms with Gasteiger partial charge in [-0.15, -0.1) is 0 Å². The average Bonchev–Trinajstić information content (AvgIpc) is 3.58. The smallest absolute Gasteiger partial charge is 0.216 e. The lowest BCUT2D eigenvalue weighted by Gasteiger charge is -2.41. The van der Waals surface area contributed by atoms with Gasteiger partial charge in [0.2, 0.25) is 10.0 Å². The molecule has 0 radical (unpaired) electrons. The summed E-state index contributed by atoms with van der Waals surface area (Å²) < 4.78 is 62.5. The third kappa shape index (κ3) is 4.66. The fourth-order valence-electron chi connectivity index (χ4n) is 6.68. The molecular weight excluding hydrogens is 460 g/mol. The monoisotopic (exact) mass is 497 g/mol. The molecule has 1 aromatic rings. The van der Waals surface area contributed by atoms with Crippen LogP contribution in [0, 0.1) is 17.0 Å². The number of likely N-dealkylation sites (N-methyl/N-ethyl adjacent to an activating group) is 1. The van der Waals surface area contributed by atoms with Crippen LogP contribution >= 0.6 is 0 Å². The van der Waals surface area contributed by atoms with Gasteiger partial charge in [-0.05, 0) is 68.8 Å². The maximum Gasteiger partial charge on any atom is 0.216 e. The van der Waals surface area contributed by atoms with E-state index >= 15 is 0 Å². The highest BCUT2D eigenvalue weighted by atomic mass is 32.2. The summed E-state index contributed by atoms with van der Waals surface area (Å²) in [5.74, 6) is -0.903. The first-order valence-corrected chi connectivity index (χ1v) is 14.3. The number of halogens is 2. The quantitative estimate of drug-likeness (QED) is 0.653. The van der Waals surface area contributed by atoms with Crippen molar-refractivity contribution in [2.24, 2.45) is 5.41 Å². The minimum atomic E-state index is -3.19. The van der Waals surface area contributed by atoms with Gasteiger partial charge in [-0.25, -0.2) is 21.5 Å². The SMILES string of the molecule is CCNC1CC(N2CCC3(CCN(S(=O)(=O)C4CCCC4)C3)C2)COC1c1cc(F)ccc1F. The van der Waals surface area contributed by atoms with Crippen LogP contribution < -0.4 is 5.32 Å². The Hall–Kier alpha value is -1.13. The van der Waals surface area contributed by atoms with Gasteiger partial charge in [0.05, 0.1) is 11.9 Å². The molecule has 3 saturated heterocycles. The summed E-state index contributed by atoms with van der Waals surface area (Å²) in [5.41, 5.74) is 0.288. The predicted octanol–water partition coefficient (Wildman–Crippen LogP) is 3.44. The van der Waals surface area contributed by atoms with E-state index in [9.17, 15) is 17.2 Å². The highest BCUT2D eigenvalue weighted by Gasteiger charge is 2.50. The second-order valence-corrected chi connectivity index (χ2v) is 12.9. The van der Waals surface area contributed by atoms with Gasteiger partial charge < -0.3 is 10.1 Å². The average molecular weight is 498 g/mol. The van der Waals surface area contributed by atoms with E-state index in [1.54, 1.807) is 4.31 Å². The Kier molecular flexibility index (Phi) is 7.03. The lowest BCUT2D eigenvalue weighted by Crippen LogP contribution is -2.51. The fourth-order valence-corrected chi connectivity index (χ4v) is 8.83. The van der Waals surface area contributed by atoms with E-state index in [-0.39, 0.29) is 28.3 Å². The summed E-state index contributed by atoms with van der Waals surface area (Å²) in [6, 6.07) is 3.61. The molecule has 5 rings (SSSR count). The lowest BCUT2D eigenvalue weighted by molar-refractivity contribution is -0.0570. The van der Waals surface area contributed by atoms with Crippen LogP contribution in [0.15, 0.2) is 18.2 Å². The van der Waals surface area contributed by atoms with Crippen molar-refractivity contribution in [2.75, 3.05) is 39.3 Å². The second-order valence-electron chi connectivity index (χ2n) is 10.7. The lowest BCUT2D eigenvalue weighted by atomic mass is 9.86.